The first-order chi connectivity index (χ1) is 6.40. The van der Waals surface area contributed by atoms with Crippen molar-refractivity contribution in [2.45, 2.75) is 5.16 Å². The summed E-state index contributed by atoms with van der Waals surface area (Å²) in [6.07, 6.45) is 1.87. The Bertz CT molecular complexity index is 392. The number of H-pyrrole nitrogens is 1. The topological polar surface area (TPSA) is 28.7 Å². The number of aromatic nitrogens is 2. The number of hydrogen-bond donors (Lipinski definition) is 1. The van der Waals surface area contributed by atoms with E-state index in [1.807, 2.05) is 30.3 Å². The molecule has 0 amide bonds. The van der Waals surface area contributed by atoms with Gasteiger partial charge in [0.15, 0.2) is 5.16 Å². The van der Waals surface area contributed by atoms with Gasteiger partial charge in [-0.15, -0.1) is 6.58 Å². The molecule has 1 aromatic carbocycles. The highest BCUT2D eigenvalue weighted by atomic mass is 35.5. The van der Waals surface area contributed by atoms with Gasteiger partial charge in [-0.3, -0.25) is 0 Å². The number of benzene rings is 1. The van der Waals surface area contributed by atoms with Gasteiger partial charge in [0.2, 0.25) is 0 Å². The Labute approximate surface area is 93.2 Å². The number of rotatable bonds is 3. The van der Waals surface area contributed by atoms with E-state index in [9.17, 15) is 0 Å². The molecule has 0 atom stereocenters. The van der Waals surface area contributed by atoms with Gasteiger partial charge in [0, 0.05) is 5.75 Å². The van der Waals surface area contributed by atoms with Crippen LogP contribution >= 0.6 is 11.8 Å². The van der Waals surface area contributed by atoms with Crippen molar-refractivity contribution >= 4 is 22.8 Å². The highest BCUT2D eigenvalue weighted by molar-refractivity contribution is 7.99. The summed E-state index contributed by atoms with van der Waals surface area (Å²) in [6.45, 7) is 3.67. The van der Waals surface area contributed by atoms with Gasteiger partial charge in [0.25, 0.3) is 0 Å². The Morgan fingerprint density at radius 1 is 1.43 bits per heavy atom. The van der Waals surface area contributed by atoms with Crippen molar-refractivity contribution in [2.24, 2.45) is 0 Å². The van der Waals surface area contributed by atoms with Gasteiger partial charge in [-0.1, -0.05) is 30.0 Å². The highest BCUT2D eigenvalue weighted by Crippen LogP contribution is 2.18. The summed E-state index contributed by atoms with van der Waals surface area (Å²) in [6, 6.07) is 8.03. The summed E-state index contributed by atoms with van der Waals surface area (Å²) in [5.41, 5.74) is 2.11. The Balaban J connectivity index is 0.000000980. The minimum Gasteiger partial charge on any atom is -1.00 e. The molecule has 0 saturated heterocycles. The maximum atomic E-state index is 4.41. The van der Waals surface area contributed by atoms with Crippen LogP contribution in [-0.2, 0) is 0 Å². The lowest BCUT2D eigenvalue weighted by atomic mass is 10.3. The molecule has 0 bridgehead atoms. The zero-order valence-electron chi connectivity index (χ0n) is 7.53. The normalized spacial score (nSPS) is 9.71. The number of aromatic amines is 1. The SMILES string of the molecule is C=CCSc1nc2ccccc2[nH]1.[Cl-]. The third kappa shape index (κ3) is 2.30. The van der Waals surface area contributed by atoms with E-state index in [4.69, 9.17) is 0 Å². The van der Waals surface area contributed by atoms with E-state index in [-0.39, 0.29) is 12.4 Å². The molecule has 14 heavy (non-hydrogen) atoms. The molecule has 2 aromatic rings. The van der Waals surface area contributed by atoms with Crippen LogP contribution in [0, 0.1) is 0 Å². The lowest BCUT2D eigenvalue weighted by Gasteiger charge is -1.87. The fourth-order valence-electron chi connectivity index (χ4n) is 1.14. The maximum absolute atomic E-state index is 4.41. The Morgan fingerprint density at radius 2 is 2.21 bits per heavy atom. The lowest BCUT2D eigenvalue weighted by Crippen LogP contribution is -3.00. The molecule has 0 radical (unpaired) electrons. The molecular weight excluding hydrogens is 216 g/mol. The van der Waals surface area contributed by atoms with Gasteiger partial charge in [-0.05, 0) is 12.1 Å². The second-order valence-electron chi connectivity index (χ2n) is 2.66. The Hall–Kier alpha value is -0.930. The van der Waals surface area contributed by atoms with Crippen molar-refractivity contribution in [3.05, 3.63) is 36.9 Å². The molecule has 4 heteroatoms. The van der Waals surface area contributed by atoms with E-state index in [0.717, 1.165) is 21.9 Å². The van der Waals surface area contributed by atoms with Crippen LogP contribution in [0.25, 0.3) is 11.0 Å². The van der Waals surface area contributed by atoms with E-state index in [1.54, 1.807) is 11.8 Å². The fourth-order valence-corrected chi connectivity index (χ4v) is 1.76. The lowest BCUT2D eigenvalue weighted by molar-refractivity contribution is -0.00000267. The minimum absolute atomic E-state index is 0. The van der Waals surface area contributed by atoms with Gasteiger partial charge in [-0.25, -0.2) is 4.98 Å². The van der Waals surface area contributed by atoms with Crippen LogP contribution < -0.4 is 12.4 Å². The first-order valence-corrected chi connectivity index (χ1v) is 5.07. The minimum atomic E-state index is 0. The molecule has 1 heterocycles. The smallest absolute Gasteiger partial charge is 0.166 e. The molecule has 1 N–H and O–H groups in total. The number of hydrogen-bond acceptors (Lipinski definition) is 2. The molecule has 2 rings (SSSR count). The monoisotopic (exact) mass is 225 g/mol. The van der Waals surface area contributed by atoms with E-state index in [0.29, 0.717) is 0 Å². The van der Waals surface area contributed by atoms with Crippen LogP contribution in [0.5, 0.6) is 0 Å². The van der Waals surface area contributed by atoms with Gasteiger partial charge in [0.05, 0.1) is 11.0 Å². The number of thioether (sulfide) groups is 1. The second kappa shape index (κ2) is 5.08. The van der Waals surface area contributed by atoms with E-state index in [1.165, 1.54) is 0 Å². The number of nitrogens with one attached hydrogen (secondary N) is 1. The highest BCUT2D eigenvalue weighted by Gasteiger charge is 1.99. The van der Waals surface area contributed by atoms with Crippen molar-refractivity contribution in [3.63, 3.8) is 0 Å². The summed E-state index contributed by atoms with van der Waals surface area (Å²) in [5.74, 6) is 0.889. The summed E-state index contributed by atoms with van der Waals surface area (Å²) in [4.78, 5) is 7.64. The van der Waals surface area contributed by atoms with Crippen molar-refractivity contribution < 1.29 is 12.4 Å². The molecule has 0 spiro atoms. The van der Waals surface area contributed by atoms with Crippen molar-refractivity contribution in [2.75, 3.05) is 5.75 Å². The summed E-state index contributed by atoms with van der Waals surface area (Å²) in [7, 11) is 0. The van der Waals surface area contributed by atoms with Gasteiger partial charge in [-0.2, -0.15) is 0 Å². The third-order valence-electron chi connectivity index (χ3n) is 1.71. The molecule has 0 aliphatic heterocycles. The molecule has 0 saturated carbocycles. The number of imidazole rings is 1. The van der Waals surface area contributed by atoms with Crippen molar-refractivity contribution in [1.82, 2.24) is 9.97 Å². The Morgan fingerprint density at radius 3 is 2.93 bits per heavy atom. The number of para-hydroxylation sites is 2. The number of halogens is 1. The maximum Gasteiger partial charge on any atom is 0.166 e. The van der Waals surface area contributed by atoms with E-state index >= 15 is 0 Å². The standard InChI is InChI=1S/C10H10N2S.ClH/c1-2-7-13-10-11-8-5-3-4-6-9(8)12-10;/h2-6H,1,7H2,(H,11,12);1H/p-1. The fraction of sp³-hybridized carbons (Fsp3) is 0.100. The van der Waals surface area contributed by atoms with E-state index < -0.39 is 0 Å². The Kier molecular flexibility index (Phi) is 4.04. The zero-order valence-corrected chi connectivity index (χ0v) is 9.11. The second-order valence-corrected chi connectivity index (χ2v) is 3.67. The van der Waals surface area contributed by atoms with Crippen LogP contribution in [0.2, 0.25) is 0 Å². The predicted molar refractivity (Wildman–Crippen MR) is 57.0 cm³/mol. The van der Waals surface area contributed by atoms with Gasteiger partial charge >= 0.3 is 0 Å². The summed E-state index contributed by atoms with van der Waals surface area (Å²) in [5, 5.41) is 0.959. The van der Waals surface area contributed by atoms with Crippen molar-refractivity contribution in [3.8, 4) is 0 Å². The quantitative estimate of drug-likeness (QED) is 0.581. The average Bonchev–Trinajstić information content (AvgIpc) is 2.57. The molecule has 0 unspecified atom stereocenters. The largest absolute Gasteiger partial charge is 1.00 e. The van der Waals surface area contributed by atoms with Crippen LogP contribution in [0.1, 0.15) is 0 Å². The van der Waals surface area contributed by atoms with Crippen LogP contribution in [0.4, 0.5) is 0 Å². The molecule has 0 fully saturated rings. The third-order valence-corrected chi connectivity index (χ3v) is 2.57. The summed E-state index contributed by atoms with van der Waals surface area (Å²) < 4.78 is 0. The first kappa shape index (κ1) is 11.1. The molecular formula is C10H10ClN2S-. The first-order valence-electron chi connectivity index (χ1n) is 4.08. The van der Waals surface area contributed by atoms with Gasteiger partial charge < -0.3 is 17.4 Å². The molecule has 2 nitrogen and oxygen atoms in total. The van der Waals surface area contributed by atoms with Crippen LogP contribution in [-0.4, -0.2) is 15.7 Å². The van der Waals surface area contributed by atoms with Crippen LogP contribution in [0.15, 0.2) is 42.1 Å². The molecule has 1 aromatic heterocycles. The predicted octanol–water partition coefficient (Wildman–Crippen LogP) is -0.155. The zero-order chi connectivity index (χ0) is 9.10. The molecule has 0 aliphatic carbocycles. The van der Waals surface area contributed by atoms with E-state index in [2.05, 4.69) is 16.5 Å². The van der Waals surface area contributed by atoms with Crippen molar-refractivity contribution in [1.29, 1.82) is 0 Å². The molecule has 74 valence electrons. The summed E-state index contributed by atoms with van der Waals surface area (Å²) >= 11 is 1.66. The molecule has 0 aliphatic rings. The average molecular weight is 226 g/mol. The van der Waals surface area contributed by atoms with Gasteiger partial charge in [0.1, 0.15) is 0 Å². The number of nitrogens with zero attached hydrogens (tertiary/aromatic N) is 1. The van der Waals surface area contributed by atoms with Crippen LogP contribution in [0.3, 0.4) is 0 Å². The number of fused-ring (bicyclic) bond motifs is 1.